The largest absolute Gasteiger partial charge is 0.462 e. The first-order chi connectivity index (χ1) is 9.50. The molecule has 0 aromatic rings. The van der Waals surface area contributed by atoms with E-state index in [1.54, 1.807) is 0 Å². The first-order valence-electron chi connectivity index (χ1n) is 8.12. The topological polar surface area (TPSA) is 66.8 Å². The summed E-state index contributed by atoms with van der Waals surface area (Å²) in [6.45, 7) is 9.55. The molecule has 0 radical (unpaired) electrons. The summed E-state index contributed by atoms with van der Waals surface area (Å²) in [5.41, 5.74) is -1.60. The smallest absolute Gasteiger partial charge is 0.302 e. The summed E-state index contributed by atoms with van der Waals surface area (Å²) in [7, 11) is 0. The molecule has 0 aliphatic heterocycles. The molecule has 0 heterocycles. The van der Waals surface area contributed by atoms with Gasteiger partial charge in [0.25, 0.3) is 0 Å². The molecule has 0 bridgehead atoms. The first-order valence-corrected chi connectivity index (χ1v) is 8.12. The minimum absolute atomic E-state index is 0.000602. The molecular formula is C17H28O4. The number of esters is 1. The predicted molar refractivity (Wildman–Crippen MR) is 78.4 cm³/mol. The van der Waals surface area contributed by atoms with Gasteiger partial charge < -0.3 is 14.9 Å². The molecule has 0 amide bonds. The number of hydrogen-bond acceptors (Lipinski definition) is 4. The Morgan fingerprint density at radius 3 is 2.00 bits per heavy atom. The Morgan fingerprint density at radius 2 is 1.48 bits per heavy atom. The van der Waals surface area contributed by atoms with Gasteiger partial charge in [-0.1, -0.05) is 13.8 Å². The Balaban J connectivity index is 2.04. The Morgan fingerprint density at radius 1 is 0.952 bits per heavy atom. The van der Waals surface area contributed by atoms with Gasteiger partial charge in [0.2, 0.25) is 0 Å². The second-order valence-corrected chi connectivity index (χ2v) is 8.57. The van der Waals surface area contributed by atoms with Crippen molar-refractivity contribution in [1.29, 1.82) is 0 Å². The van der Waals surface area contributed by atoms with Crippen LogP contribution in [0.25, 0.3) is 0 Å². The SMILES string of the molecule is CC(=O)O[C@H]1C2C([C@H]3[C@@H]1C3(C)C)[C@](C)(O)CCC[C@]2(C)O. The van der Waals surface area contributed by atoms with Crippen LogP contribution in [-0.4, -0.2) is 33.5 Å². The molecule has 3 aliphatic rings. The molecule has 2 unspecified atom stereocenters. The zero-order chi connectivity index (χ0) is 15.8. The van der Waals surface area contributed by atoms with Crippen LogP contribution < -0.4 is 0 Å². The fourth-order valence-corrected chi connectivity index (χ4v) is 5.67. The maximum atomic E-state index is 11.5. The highest BCUT2D eigenvalue weighted by Crippen LogP contribution is 2.75. The number of ether oxygens (including phenoxy) is 1. The Labute approximate surface area is 126 Å². The number of carbonyl (C=O) groups excluding carboxylic acids is 1. The second kappa shape index (κ2) is 4.23. The van der Waals surface area contributed by atoms with E-state index in [9.17, 15) is 15.0 Å². The van der Waals surface area contributed by atoms with Crippen LogP contribution in [0.1, 0.15) is 53.9 Å². The molecule has 0 saturated heterocycles. The van der Waals surface area contributed by atoms with E-state index in [0.717, 1.165) is 6.42 Å². The van der Waals surface area contributed by atoms with Gasteiger partial charge in [-0.05, 0) is 44.4 Å². The molecule has 120 valence electrons. The molecule has 3 fully saturated rings. The summed E-state index contributed by atoms with van der Waals surface area (Å²) < 4.78 is 5.64. The van der Waals surface area contributed by atoms with E-state index < -0.39 is 11.2 Å². The van der Waals surface area contributed by atoms with Crippen LogP contribution >= 0.6 is 0 Å². The number of hydrogen-bond donors (Lipinski definition) is 2. The molecule has 0 aromatic heterocycles. The maximum Gasteiger partial charge on any atom is 0.302 e. The first kappa shape index (κ1) is 15.3. The number of carbonyl (C=O) groups is 1. The lowest BCUT2D eigenvalue weighted by Crippen LogP contribution is -2.51. The van der Waals surface area contributed by atoms with Gasteiger partial charge in [-0.3, -0.25) is 4.79 Å². The molecule has 0 spiro atoms. The van der Waals surface area contributed by atoms with Crippen LogP contribution in [0, 0.1) is 29.1 Å². The van der Waals surface area contributed by atoms with Crippen LogP contribution in [-0.2, 0) is 9.53 Å². The molecule has 4 heteroatoms. The van der Waals surface area contributed by atoms with Crippen molar-refractivity contribution in [2.24, 2.45) is 29.1 Å². The Hall–Kier alpha value is -0.610. The lowest BCUT2D eigenvalue weighted by Gasteiger charge is -2.43. The fourth-order valence-electron chi connectivity index (χ4n) is 5.67. The zero-order valence-electron chi connectivity index (χ0n) is 13.7. The molecule has 7 atom stereocenters. The van der Waals surface area contributed by atoms with Gasteiger partial charge >= 0.3 is 5.97 Å². The van der Waals surface area contributed by atoms with Crippen molar-refractivity contribution in [3.05, 3.63) is 0 Å². The fraction of sp³-hybridized carbons (Fsp3) is 0.941. The summed E-state index contributed by atoms with van der Waals surface area (Å²) in [6.07, 6.45) is 1.89. The average Bonchev–Trinajstić information content (AvgIpc) is 2.69. The van der Waals surface area contributed by atoms with Crippen molar-refractivity contribution < 1.29 is 19.7 Å². The summed E-state index contributed by atoms with van der Waals surface area (Å²) >= 11 is 0. The van der Waals surface area contributed by atoms with Gasteiger partial charge in [0, 0.05) is 24.7 Å². The van der Waals surface area contributed by atoms with Gasteiger partial charge in [0.15, 0.2) is 0 Å². The van der Waals surface area contributed by atoms with Crippen molar-refractivity contribution in [3.8, 4) is 0 Å². The summed E-state index contributed by atoms with van der Waals surface area (Å²) in [5.74, 6) is 0.127. The van der Waals surface area contributed by atoms with E-state index in [0.29, 0.717) is 18.8 Å². The summed E-state index contributed by atoms with van der Waals surface area (Å²) in [4.78, 5) is 11.5. The normalized spacial score (nSPS) is 54.3. The molecule has 2 N–H and O–H groups in total. The number of rotatable bonds is 1. The minimum atomic E-state index is -0.880. The molecule has 4 nitrogen and oxygen atoms in total. The lowest BCUT2D eigenvalue weighted by molar-refractivity contribution is -0.165. The number of aliphatic hydroxyl groups is 2. The van der Waals surface area contributed by atoms with Crippen molar-refractivity contribution in [2.45, 2.75) is 71.2 Å². The Kier molecular flexibility index (Phi) is 3.08. The molecule has 3 rings (SSSR count). The van der Waals surface area contributed by atoms with Gasteiger partial charge in [0.1, 0.15) is 6.10 Å². The van der Waals surface area contributed by atoms with E-state index in [2.05, 4.69) is 13.8 Å². The summed E-state index contributed by atoms with van der Waals surface area (Å²) in [6, 6.07) is 0. The van der Waals surface area contributed by atoms with Crippen LogP contribution in [0.5, 0.6) is 0 Å². The highest BCUT2D eigenvalue weighted by atomic mass is 16.5. The van der Waals surface area contributed by atoms with E-state index in [1.165, 1.54) is 6.92 Å². The quantitative estimate of drug-likeness (QED) is 0.727. The van der Waals surface area contributed by atoms with E-state index >= 15 is 0 Å². The van der Waals surface area contributed by atoms with Crippen LogP contribution in [0.4, 0.5) is 0 Å². The van der Waals surface area contributed by atoms with E-state index in [1.807, 2.05) is 13.8 Å². The van der Waals surface area contributed by atoms with Crippen molar-refractivity contribution in [2.75, 3.05) is 0 Å². The van der Waals surface area contributed by atoms with Crippen molar-refractivity contribution >= 4 is 5.97 Å². The monoisotopic (exact) mass is 296 g/mol. The predicted octanol–water partition coefficient (Wildman–Crippen LogP) is 2.12. The third-order valence-electron chi connectivity index (χ3n) is 6.58. The van der Waals surface area contributed by atoms with Crippen molar-refractivity contribution in [1.82, 2.24) is 0 Å². The minimum Gasteiger partial charge on any atom is -0.462 e. The third-order valence-corrected chi connectivity index (χ3v) is 6.58. The molecule has 3 aliphatic carbocycles. The van der Waals surface area contributed by atoms with Gasteiger partial charge in [0.05, 0.1) is 11.2 Å². The highest BCUT2D eigenvalue weighted by Gasteiger charge is 2.77. The van der Waals surface area contributed by atoms with Crippen LogP contribution in [0.3, 0.4) is 0 Å². The van der Waals surface area contributed by atoms with Crippen LogP contribution in [0.15, 0.2) is 0 Å². The lowest BCUT2D eigenvalue weighted by atomic mass is 9.68. The zero-order valence-corrected chi connectivity index (χ0v) is 13.7. The number of fused-ring (bicyclic) bond motifs is 3. The standard InChI is InChI=1S/C17H28O4/c1-9(18)21-14-12-10(15(12,2)3)11-13(14)17(5,20)8-6-7-16(11,4)19/h10-14,19-20H,6-8H2,1-5H3/t10-,11?,12-,13?,14+,16+,17-/m0/s1. The van der Waals surface area contributed by atoms with E-state index in [4.69, 9.17) is 4.74 Å². The molecule has 21 heavy (non-hydrogen) atoms. The Bertz CT molecular complexity index is 465. The van der Waals surface area contributed by atoms with Gasteiger partial charge in [-0.25, -0.2) is 0 Å². The molecule has 0 aromatic carbocycles. The molecule has 3 saturated carbocycles. The van der Waals surface area contributed by atoms with E-state index in [-0.39, 0.29) is 35.2 Å². The highest BCUT2D eigenvalue weighted by molar-refractivity contribution is 5.66. The second-order valence-electron chi connectivity index (χ2n) is 8.57. The van der Waals surface area contributed by atoms with Crippen LogP contribution in [0.2, 0.25) is 0 Å². The molecular weight excluding hydrogens is 268 g/mol. The average molecular weight is 296 g/mol. The maximum absolute atomic E-state index is 11.5. The third kappa shape index (κ3) is 2.06. The van der Waals surface area contributed by atoms with Gasteiger partial charge in [-0.15, -0.1) is 0 Å². The van der Waals surface area contributed by atoms with Crippen molar-refractivity contribution in [3.63, 3.8) is 0 Å². The van der Waals surface area contributed by atoms with Gasteiger partial charge in [-0.2, -0.15) is 0 Å². The summed E-state index contributed by atoms with van der Waals surface area (Å²) in [5, 5.41) is 21.9.